The fraction of sp³-hybridized carbons (Fsp3) is 0.519. The van der Waals surface area contributed by atoms with Gasteiger partial charge in [0.15, 0.2) is 0 Å². The molecule has 0 aliphatic carbocycles. The first-order chi connectivity index (χ1) is 15.4. The Labute approximate surface area is 205 Å². The summed E-state index contributed by atoms with van der Waals surface area (Å²) in [5.41, 5.74) is 9.04. The highest BCUT2D eigenvalue weighted by molar-refractivity contribution is 6.42. The molecule has 2 aromatic rings. The number of nitrogens with zero attached hydrogens (tertiary/aromatic N) is 1. The van der Waals surface area contributed by atoms with E-state index in [1.165, 1.54) is 24.0 Å². The second kappa shape index (κ2) is 16.1. The van der Waals surface area contributed by atoms with Crippen molar-refractivity contribution in [1.29, 1.82) is 0 Å². The minimum Gasteiger partial charge on any atom is -0.399 e. The predicted octanol–water partition coefficient (Wildman–Crippen LogP) is 7.33. The van der Waals surface area contributed by atoms with Crippen molar-refractivity contribution in [2.75, 3.05) is 25.4 Å². The monoisotopic (exact) mass is 478 g/mol. The summed E-state index contributed by atoms with van der Waals surface area (Å²) in [7, 11) is 0. The smallest absolute Gasteiger partial charge is 0.120 e. The molecule has 3 rings (SSSR count). The lowest BCUT2D eigenvalue weighted by Crippen LogP contribution is -2.37. The normalized spacial score (nSPS) is 15.1. The van der Waals surface area contributed by atoms with Gasteiger partial charge in [-0.15, -0.1) is 0 Å². The summed E-state index contributed by atoms with van der Waals surface area (Å²) in [6.45, 7) is 11.6. The maximum absolute atomic E-state index is 10.5. The molecule has 1 aliphatic rings. The lowest BCUT2D eigenvalue weighted by molar-refractivity contribution is -0.108. The molecule has 178 valence electrons. The molecule has 32 heavy (non-hydrogen) atoms. The maximum Gasteiger partial charge on any atom is 0.120 e. The first-order valence-electron chi connectivity index (χ1n) is 11.9. The number of nitrogens with two attached hydrogens (primary N) is 1. The second-order valence-electron chi connectivity index (χ2n) is 8.26. The number of carbonyl (C=O) groups excluding carboxylic acids is 1. The summed E-state index contributed by atoms with van der Waals surface area (Å²) in [6.07, 6.45) is 6.23. The summed E-state index contributed by atoms with van der Waals surface area (Å²) in [6, 6.07) is 13.9. The molecular formula is C27H40Cl2N2O. The lowest BCUT2D eigenvalue weighted by Gasteiger charge is -2.33. The zero-order valence-corrected chi connectivity index (χ0v) is 21.6. The van der Waals surface area contributed by atoms with Crippen molar-refractivity contribution < 1.29 is 4.79 Å². The minimum atomic E-state index is 0.467. The number of halogens is 2. The number of carbonyl (C=O) groups is 1. The third kappa shape index (κ3) is 10.4. The van der Waals surface area contributed by atoms with Crippen molar-refractivity contribution in [3.05, 3.63) is 63.6 Å². The van der Waals surface area contributed by atoms with E-state index in [1.54, 1.807) is 0 Å². The van der Waals surface area contributed by atoms with Crippen LogP contribution in [0.15, 0.2) is 42.5 Å². The van der Waals surface area contributed by atoms with Gasteiger partial charge in [0.05, 0.1) is 10.0 Å². The van der Waals surface area contributed by atoms with Crippen molar-refractivity contribution in [3.8, 4) is 0 Å². The van der Waals surface area contributed by atoms with E-state index in [0.29, 0.717) is 22.4 Å². The van der Waals surface area contributed by atoms with Gasteiger partial charge in [-0.25, -0.2) is 0 Å². The molecule has 1 aliphatic heterocycles. The summed E-state index contributed by atoms with van der Waals surface area (Å²) in [5.74, 6) is 1.19. The topological polar surface area (TPSA) is 46.3 Å². The number of benzene rings is 2. The maximum atomic E-state index is 10.5. The molecule has 0 saturated carbocycles. The molecule has 1 fully saturated rings. The van der Waals surface area contributed by atoms with Gasteiger partial charge in [-0.3, -0.25) is 0 Å². The minimum absolute atomic E-state index is 0.467. The fourth-order valence-electron chi connectivity index (χ4n) is 3.91. The Morgan fingerprint density at radius 3 is 2.28 bits per heavy atom. The Hall–Kier alpha value is -1.55. The van der Waals surface area contributed by atoms with Crippen molar-refractivity contribution in [1.82, 2.24) is 4.90 Å². The highest BCUT2D eigenvalue weighted by Gasteiger charge is 2.20. The molecular weight excluding hydrogens is 439 g/mol. The SMILES string of the molecule is CC.CC(CC=O)CN1CCC(Cc2ccc(Cl)c(Cl)c2)CC1.CCc1ccccc1N. The Morgan fingerprint density at radius 2 is 1.75 bits per heavy atom. The van der Waals surface area contributed by atoms with Crippen molar-refractivity contribution in [3.63, 3.8) is 0 Å². The van der Waals surface area contributed by atoms with E-state index in [1.807, 2.05) is 44.2 Å². The zero-order valence-electron chi connectivity index (χ0n) is 20.1. The molecule has 1 saturated heterocycles. The molecule has 0 amide bonds. The molecule has 5 heteroatoms. The molecule has 1 atom stereocenters. The largest absolute Gasteiger partial charge is 0.399 e. The quantitative estimate of drug-likeness (QED) is 0.334. The fourth-order valence-corrected chi connectivity index (χ4v) is 4.23. The Bertz CT molecular complexity index is 789. The van der Waals surface area contributed by atoms with Crippen LogP contribution < -0.4 is 5.73 Å². The molecule has 1 heterocycles. The van der Waals surface area contributed by atoms with Gasteiger partial charge in [0.1, 0.15) is 6.29 Å². The van der Waals surface area contributed by atoms with Crippen LogP contribution in [0.5, 0.6) is 0 Å². The number of hydrogen-bond acceptors (Lipinski definition) is 3. The molecule has 2 aromatic carbocycles. The average molecular weight is 480 g/mol. The van der Waals surface area contributed by atoms with E-state index in [9.17, 15) is 4.79 Å². The van der Waals surface area contributed by atoms with Gasteiger partial charge in [0.25, 0.3) is 0 Å². The van der Waals surface area contributed by atoms with Gasteiger partial charge < -0.3 is 15.4 Å². The lowest BCUT2D eigenvalue weighted by atomic mass is 9.90. The molecule has 0 radical (unpaired) electrons. The van der Waals surface area contributed by atoms with Gasteiger partial charge in [0.2, 0.25) is 0 Å². The number of nitrogen functional groups attached to an aromatic ring is 1. The van der Waals surface area contributed by atoms with E-state index in [4.69, 9.17) is 28.9 Å². The van der Waals surface area contributed by atoms with E-state index in [0.717, 1.165) is 50.4 Å². The molecule has 2 N–H and O–H groups in total. The van der Waals surface area contributed by atoms with Crippen LogP contribution in [-0.2, 0) is 17.6 Å². The van der Waals surface area contributed by atoms with Crippen LogP contribution in [0, 0.1) is 11.8 Å². The zero-order chi connectivity index (χ0) is 23.9. The Morgan fingerprint density at radius 1 is 1.09 bits per heavy atom. The molecule has 0 aromatic heterocycles. The van der Waals surface area contributed by atoms with Gasteiger partial charge in [-0.05, 0) is 79.9 Å². The van der Waals surface area contributed by atoms with Crippen LogP contribution in [0.25, 0.3) is 0 Å². The Kier molecular flexibility index (Phi) is 14.4. The molecule has 0 spiro atoms. The number of likely N-dealkylation sites (tertiary alicyclic amines) is 1. The van der Waals surface area contributed by atoms with Gasteiger partial charge in [0, 0.05) is 18.7 Å². The highest BCUT2D eigenvalue weighted by Crippen LogP contribution is 2.27. The van der Waals surface area contributed by atoms with Crippen LogP contribution in [0.4, 0.5) is 5.69 Å². The molecule has 3 nitrogen and oxygen atoms in total. The van der Waals surface area contributed by atoms with Crippen molar-refractivity contribution in [2.24, 2.45) is 11.8 Å². The van der Waals surface area contributed by atoms with E-state index < -0.39 is 0 Å². The number of aldehydes is 1. The van der Waals surface area contributed by atoms with Gasteiger partial charge in [-0.2, -0.15) is 0 Å². The summed E-state index contributed by atoms with van der Waals surface area (Å²) in [5, 5.41) is 1.27. The first kappa shape index (κ1) is 28.5. The summed E-state index contributed by atoms with van der Waals surface area (Å²) in [4.78, 5) is 13.0. The average Bonchev–Trinajstić information content (AvgIpc) is 2.80. The van der Waals surface area contributed by atoms with E-state index in [-0.39, 0.29) is 0 Å². The van der Waals surface area contributed by atoms with Gasteiger partial charge >= 0.3 is 0 Å². The third-order valence-electron chi connectivity index (χ3n) is 5.72. The van der Waals surface area contributed by atoms with Crippen molar-refractivity contribution in [2.45, 2.75) is 59.8 Å². The Balaban J connectivity index is 0.000000388. The van der Waals surface area contributed by atoms with Crippen LogP contribution in [0.2, 0.25) is 10.0 Å². The third-order valence-corrected chi connectivity index (χ3v) is 6.46. The van der Waals surface area contributed by atoms with Crippen LogP contribution in [0.3, 0.4) is 0 Å². The number of anilines is 1. The van der Waals surface area contributed by atoms with Crippen LogP contribution in [-0.4, -0.2) is 30.8 Å². The number of aryl methyl sites for hydroxylation is 1. The standard InChI is InChI=1S/C17H23Cl2NO.C8H11N.C2H6/c1-13(6-9-21)12-20-7-4-14(5-8-20)10-15-2-3-16(18)17(19)11-15;1-2-7-5-3-4-6-8(7)9;1-2/h2-3,9,11,13-14H,4-8,10,12H2,1H3;3-6H,2,9H2,1H3;1-2H3. The van der Waals surface area contributed by atoms with Gasteiger partial charge in [-0.1, -0.05) is 75.2 Å². The number of para-hydroxylation sites is 1. The predicted molar refractivity (Wildman–Crippen MR) is 141 cm³/mol. The summed E-state index contributed by atoms with van der Waals surface area (Å²) >= 11 is 12.0. The second-order valence-corrected chi connectivity index (χ2v) is 9.07. The highest BCUT2D eigenvalue weighted by atomic mass is 35.5. The van der Waals surface area contributed by atoms with E-state index in [2.05, 4.69) is 30.9 Å². The number of hydrogen-bond donors (Lipinski definition) is 1. The van der Waals surface area contributed by atoms with Crippen LogP contribution >= 0.6 is 23.2 Å². The van der Waals surface area contributed by atoms with Crippen LogP contribution in [0.1, 0.15) is 58.1 Å². The number of rotatable bonds is 7. The van der Waals surface area contributed by atoms with Crippen molar-refractivity contribution >= 4 is 35.2 Å². The molecule has 0 bridgehead atoms. The van der Waals surface area contributed by atoms with E-state index >= 15 is 0 Å². The first-order valence-corrected chi connectivity index (χ1v) is 12.6. The molecule has 1 unspecified atom stereocenters. The number of piperidine rings is 1. The summed E-state index contributed by atoms with van der Waals surface area (Å²) < 4.78 is 0.